The summed E-state index contributed by atoms with van der Waals surface area (Å²) in [6, 6.07) is 8.22. The third-order valence-corrected chi connectivity index (χ3v) is 4.02. The third-order valence-electron chi connectivity index (χ3n) is 2.63. The Balaban J connectivity index is 2.57. The average molecular weight is 300 g/mol. The Morgan fingerprint density at radius 1 is 1.35 bits per heavy atom. The van der Waals surface area contributed by atoms with Crippen LogP contribution >= 0.6 is 0 Å². The van der Waals surface area contributed by atoms with Gasteiger partial charge in [-0.15, -0.1) is 0 Å². The van der Waals surface area contributed by atoms with Gasteiger partial charge >= 0.3 is 5.97 Å². The van der Waals surface area contributed by atoms with E-state index in [0.29, 0.717) is 6.42 Å². The SMILES string of the molecule is CCOC(=O)[C@H](CN)NS(=O)(=O)CCc1ccccc1. The summed E-state index contributed by atoms with van der Waals surface area (Å²) in [7, 11) is -3.59. The van der Waals surface area contributed by atoms with E-state index in [2.05, 4.69) is 4.72 Å². The van der Waals surface area contributed by atoms with Gasteiger partial charge in [-0.3, -0.25) is 4.79 Å². The molecule has 0 bridgehead atoms. The van der Waals surface area contributed by atoms with Gasteiger partial charge in [-0.25, -0.2) is 8.42 Å². The zero-order valence-electron chi connectivity index (χ0n) is 11.4. The molecule has 0 radical (unpaired) electrons. The van der Waals surface area contributed by atoms with E-state index in [9.17, 15) is 13.2 Å². The fourth-order valence-electron chi connectivity index (χ4n) is 1.61. The summed E-state index contributed by atoms with van der Waals surface area (Å²) in [5.74, 6) is -0.759. The standard InChI is InChI=1S/C13H20N2O4S/c1-2-19-13(16)12(10-14)15-20(17,18)9-8-11-6-4-3-5-7-11/h3-7,12,15H,2,8-10,14H2,1H3/t12-/m0/s1. The highest BCUT2D eigenvalue weighted by Crippen LogP contribution is 2.02. The molecule has 0 spiro atoms. The molecule has 0 amide bonds. The topological polar surface area (TPSA) is 98.5 Å². The zero-order valence-corrected chi connectivity index (χ0v) is 12.2. The lowest BCUT2D eigenvalue weighted by atomic mass is 10.2. The minimum absolute atomic E-state index is 0.104. The molecule has 1 aromatic carbocycles. The number of esters is 1. The second-order valence-corrected chi connectivity index (χ2v) is 6.09. The highest BCUT2D eigenvalue weighted by Gasteiger charge is 2.23. The zero-order chi connectivity index (χ0) is 15.0. The van der Waals surface area contributed by atoms with E-state index < -0.39 is 22.0 Å². The molecule has 0 aliphatic carbocycles. The average Bonchev–Trinajstić information content (AvgIpc) is 2.44. The number of nitrogens with one attached hydrogen (secondary N) is 1. The molecule has 20 heavy (non-hydrogen) atoms. The highest BCUT2D eigenvalue weighted by molar-refractivity contribution is 7.89. The van der Waals surface area contributed by atoms with Crippen molar-refractivity contribution in [3.05, 3.63) is 35.9 Å². The van der Waals surface area contributed by atoms with Crippen LogP contribution < -0.4 is 10.5 Å². The van der Waals surface area contributed by atoms with Crippen molar-refractivity contribution < 1.29 is 17.9 Å². The minimum atomic E-state index is -3.59. The van der Waals surface area contributed by atoms with Crippen LogP contribution in [0.15, 0.2) is 30.3 Å². The smallest absolute Gasteiger partial charge is 0.325 e. The molecule has 1 atom stereocenters. The lowest BCUT2D eigenvalue weighted by molar-refractivity contribution is -0.144. The summed E-state index contributed by atoms with van der Waals surface area (Å²) in [5, 5.41) is 0. The van der Waals surface area contributed by atoms with Crippen LogP contribution in [0.1, 0.15) is 12.5 Å². The van der Waals surface area contributed by atoms with Gasteiger partial charge in [0.15, 0.2) is 0 Å². The summed E-state index contributed by atoms with van der Waals surface area (Å²) in [6.45, 7) is 1.69. The van der Waals surface area contributed by atoms with Crippen molar-refractivity contribution in [2.45, 2.75) is 19.4 Å². The minimum Gasteiger partial charge on any atom is -0.465 e. The molecule has 0 saturated carbocycles. The van der Waals surface area contributed by atoms with Gasteiger partial charge in [0.1, 0.15) is 6.04 Å². The molecule has 3 N–H and O–H groups in total. The first-order valence-corrected chi connectivity index (χ1v) is 8.04. The largest absolute Gasteiger partial charge is 0.465 e. The van der Waals surface area contributed by atoms with Gasteiger partial charge in [0.25, 0.3) is 0 Å². The quantitative estimate of drug-likeness (QED) is 0.660. The fourth-order valence-corrected chi connectivity index (χ4v) is 2.86. The molecule has 1 aromatic rings. The maximum atomic E-state index is 11.9. The summed E-state index contributed by atoms with van der Waals surface area (Å²) in [5.41, 5.74) is 6.31. The fraction of sp³-hybridized carbons (Fsp3) is 0.462. The van der Waals surface area contributed by atoms with Crippen LogP contribution in [-0.4, -0.2) is 39.3 Å². The molecule has 0 aliphatic heterocycles. The summed E-state index contributed by atoms with van der Waals surface area (Å²) < 4.78 is 30.8. The Labute approximate surface area is 119 Å². The monoisotopic (exact) mass is 300 g/mol. The third kappa shape index (κ3) is 5.68. The molecule has 0 unspecified atom stereocenters. The van der Waals surface area contributed by atoms with E-state index in [1.54, 1.807) is 6.92 Å². The van der Waals surface area contributed by atoms with E-state index >= 15 is 0 Å². The van der Waals surface area contributed by atoms with Gasteiger partial charge in [-0.1, -0.05) is 30.3 Å². The predicted octanol–water partition coefficient (Wildman–Crippen LogP) is 0.0389. The Morgan fingerprint density at radius 3 is 2.55 bits per heavy atom. The van der Waals surface area contributed by atoms with Crippen molar-refractivity contribution in [1.29, 1.82) is 0 Å². The summed E-state index contributed by atoms with van der Waals surface area (Å²) in [6.07, 6.45) is 0.371. The van der Waals surface area contributed by atoms with Crippen molar-refractivity contribution >= 4 is 16.0 Å². The van der Waals surface area contributed by atoms with Gasteiger partial charge in [-0.05, 0) is 18.9 Å². The van der Waals surface area contributed by atoms with Gasteiger partial charge in [-0.2, -0.15) is 4.72 Å². The van der Waals surface area contributed by atoms with Crippen molar-refractivity contribution in [3.8, 4) is 0 Å². The number of hydrogen-bond donors (Lipinski definition) is 2. The van der Waals surface area contributed by atoms with Crippen molar-refractivity contribution in [2.75, 3.05) is 18.9 Å². The lowest BCUT2D eigenvalue weighted by Gasteiger charge is -2.15. The van der Waals surface area contributed by atoms with Crippen LogP contribution in [0.25, 0.3) is 0 Å². The van der Waals surface area contributed by atoms with Gasteiger partial charge in [0.05, 0.1) is 12.4 Å². The molecule has 0 aliphatic rings. The first-order valence-electron chi connectivity index (χ1n) is 6.39. The van der Waals surface area contributed by atoms with Crippen LogP contribution in [0, 0.1) is 0 Å². The van der Waals surface area contributed by atoms with E-state index in [4.69, 9.17) is 10.5 Å². The molecule has 112 valence electrons. The molecule has 6 nitrogen and oxygen atoms in total. The molecule has 0 saturated heterocycles. The maximum absolute atomic E-state index is 11.9. The number of aryl methyl sites for hydroxylation is 1. The Kier molecular flexibility index (Phi) is 6.63. The molecule has 1 rings (SSSR count). The molecule has 7 heteroatoms. The highest BCUT2D eigenvalue weighted by atomic mass is 32.2. The maximum Gasteiger partial charge on any atom is 0.325 e. The number of hydrogen-bond acceptors (Lipinski definition) is 5. The molecular formula is C13H20N2O4S. The van der Waals surface area contributed by atoms with Crippen molar-refractivity contribution in [2.24, 2.45) is 5.73 Å². The number of sulfonamides is 1. The normalized spacial score (nSPS) is 12.9. The number of nitrogens with two attached hydrogens (primary N) is 1. The van der Waals surface area contributed by atoms with E-state index in [1.807, 2.05) is 30.3 Å². The molecule has 0 heterocycles. The summed E-state index contributed by atoms with van der Waals surface area (Å²) in [4.78, 5) is 11.5. The Morgan fingerprint density at radius 2 is 2.00 bits per heavy atom. The van der Waals surface area contributed by atoms with Gasteiger partial charge in [0.2, 0.25) is 10.0 Å². The van der Waals surface area contributed by atoms with Gasteiger partial charge in [0, 0.05) is 6.54 Å². The first-order chi connectivity index (χ1) is 9.48. The molecular weight excluding hydrogens is 280 g/mol. The second-order valence-electron chi connectivity index (χ2n) is 4.21. The Hall–Kier alpha value is -1.44. The number of rotatable bonds is 8. The predicted molar refractivity (Wildman–Crippen MR) is 76.5 cm³/mol. The molecule has 0 fully saturated rings. The lowest BCUT2D eigenvalue weighted by Crippen LogP contribution is -2.47. The second kappa shape index (κ2) is 7.98. The van der Waals surface area contributed by atoms with Crippen LogP contribution in [-0.2, 0) is 26.0 Å². The summed E-state index contributed by atoms with van der Waals surface area (Å²) >= 11 is 0. The van der Waals surface area contributed by atoms with Crippen LogP contribution in [0.4, 0.5) is 0 Å². The van der Waals surface area contributed by atoms with E-state index in [0.717, 1.165) is 5.56 Å². The van der Waals surface area contributed by atoms with Crippen molar-refractivity contribution in [3.63, 3.8) is 0 Å². The number of benzene rings is 1. The Bertz CT molecular complexity index is 516. The number of carbonyl (C=O) groups is 1. The van der Waals surface area contributed by atoms with Crippen LogP contribution in [0.3, 0.4) is 0 Å². The van der Waals surface area contributed by atoms with E-state index in [1.165, 1.54) is 0 Å². The van der Waals surface area contributed by atoms with Gasteiger partial charge < -0.3 is 10.5 Å². The first kappa shape index (κ1) is 16.6. The van der Waals surface area contributed by atoms with Crippen LogP contribution in [0.2, 0.25) is 0 Å². The molecule has 0 aromatic heterocycles. The number of ether oxygens (including phenoxy) is 1. The van der Waals surface area contributed by atoms with Crippen LogP contribution in [0.5, 0.6) is 0 Å². The van der Waals surface area contributed by atoms with Crippen molar-refractivity contribution in [1.82, 2.24) is 4.72 Å². The van der Waals surface area contributed by atoms with E-state index in [-0.39, 0.29) is 18.9 Å². The number of carbonyl (C=O) groups excluding carboxylic acids is 1.